The summed E-state index contributed by atoms with van der Waals surface area (Å²) >= 11 is 0. The van der Waals surface area contributed by atoms with Gasteiger partial charge in [-0.15, -0.1) is 0 Å². The largest absolute Gasteiger partial charge is 0.481 e. The second-order valence-electron chi connectivity index (χ2n) is 5.68. The van der Waals surface area contributed by atoms with Gasteiger partial charge in [0.05, 0.1) is 23.6 Å². The van der Waals surface area contributed by atoms with E-state index in [0.29, 0.717) is 37.1 Å². The molecule has 1 unspecified atom stereocenters. The molecule has 2 atom stereocenters. The van der Waals surface area contributed by atoms with Crippen LogP contribution in [0.1, 0.15) is 45.4 Å². The highest BCUT2D eigenvalue weighted by molar-refractivity contribution is 5.66. The summed E-state index contributed by atoms with van der Waals surface area (Å²) in [5.74, 6) is -0.829. The highest BCUT2D eigenvalue weighted by atomic mass is 16.4. The van der Waals surface area contributed by atoms with E-state index in [-0.39, 0.29) is 6.42 Å². The first kappa shape index (κ1) is 22.9. The number of hydrogen-bond acceptors (Lipinski definition) is 5. The SMILES string of the molecule is CC/C=C\C[C@H](O)/C(N)=C(\C=C\CC(O)C/C=C\CCC(=O)O)NC. The van der Waals surface area contributed by atoms with Crippen molar-refractivity contribution in [2.45, 2.75) is 57.7 Å². The minimum absolute atomic E-state index is 0.0951. The first-order chi connectivity index (χ1) is 11.9. The summed E-state index contributed by atoms with van der Waals surface area (Å²) in [6.45, 7) is 2.02. The first-order valence-corrected chi connectivity index (χ1v) is 8.64. The second-order valence-corrected chi connectivity index (χ2v) is 5.68. The van der Waals surface area contributed by atoms with E-state index < -0.39 is 18.2 Å². The fourth-order valence-corrected chi connectivity index (χ4v) is 2.04. The van der Waals surface area contributed by atoms with Crippen LogP contribution in [-0.2, 0) is 4.79 Å². The minimum Gasteiger partial charge on any atom is -0.481 e. The number of nitrogens with two attached hydrogens (primary N) is 1. The van der Waals surface area contributed by atoms with Gasteiger partial charge in [-0.25, -0.2) is 0 Å². The number of carbonyl (C=O) groups is 1. The van der Waals surface area contributed by atoms with E-state index in [4.69, 9.17) is 10.8 Å². The Morgan fingerprint density at radius 1 is 1.08 bits per heavy atom. The molecule has 6 nitrogen and oxygen atoms in total. The molecule has 0 aliphatic carbocycles. The number of aliphatic carboxylic acids is 1. The number of likely N-dealkylation sites (N-methyl/N-ethyl adjacent to an activating group) is 1. The average molecular weight is 352 g/mol. The lowest BCUT2D eigenvalue weighted by molar-refractivity contribution is -0.136. The van der Waals surface area contributed by atoms with Crippen molar-refractivity contribution in [2.75, 3.05) is 7.05 Å². The van der Waals surface area contributed by atoms with E-state index in [1.165, 1.54) is 0 Å². The zero-order valence-electron chi connectivity index (χ0n) is 15.2. The average Bonchev–Trinajstić information content (AvgIpc) is 2.57. The molecule has 0 amide bonds. The summed E-state index contributed by atoms with van der Waals surface area (Å²) in [6, 6.07) is 0. The molecule has 6 heteroatoms. The molecule has 0 rings (SSSR count). The van der Waals surface area contributed by atoms with Crippen molar-refractivity contribution in [1.82, 2.24) is 5.32 Å². The van der Waals surface area contributed by atoms with E-state index in [9.17, 15) is 15.0 Å². The van der Waals surface area contributed by atoms with Crippen LogP contribution in [0.4, 0.5) is 0 Å². The molecule has 0 saturated carbocycles. The van der Waals surface area contributed by atoms with Gasteiger partial charge in [-0.1, -0.05) is 37.3 Å². The van der Waals surface area contributed by atoms with E-state index in [1.54, 1.807) is 31.4 Å². The van der Waals surface area contributed by atoms with Crippen molar-refractivity contribution in [3.8, 4) is 0 Å². The monoisotopic (exact) mass is 352 g/mol. The summed E-state index contributed by atoms with van der Waals surface area (Å²) in [5.41, 5.74) is 6.96. The van der Waals surface area contributed by atoms with Crippen molar-refractivity contribution in [3.63, 3.8) is 0 Å². The van der Waals surface area contributed by atoms with Gasteiger partial charge in [0, 0.05) is 13.5 Å². The molecule has 0 radical (unpaired) electrons. The summed E-state index contributed by atoms with van der Waals surface area (Å²) in [4.78, 5) is 10.4. The van der Waals surface area contributed by atoms with E-state index in [2.05, 4.69) is 5.32 Å². The summed E-state index contributed by atoms with van der Waals surface area (Å²) < 4.78 is 0. The van der Waals surface area contributed by atoms with Crippen LogP contribution in [0.3, 0.4) is 0 Å². The van der Waals surface area contributed by atoms with Crippen LogP contribution in [0.5, 0.6) is 0 Å². The first-order valence-electron chi connectivity index (χ1n) is 8.64. The molecule has 0 aromatic heterocycles. The van der Waals surface area contributed by atoms with Crippen molar-refractivity contribution >= 4 is 5.97 Å². The van der Waals surface area contributed by atoms with Crippen LogP contribution in [0.15, 0.2) is 47.9 Å². The lowest BCUT2D eigenvalue weighted by atomic mass is 10.1. The molecule has 0 heterocycles. The van der Waals surface area contributed by atoms with Gasteiger partial charge in [0.15, 0.2) is 0 Å². The Morgan fingerprint density at radius 3 is 2.32 bits per heavy atom. The Bertz CT molecular complexity index is 496. The molecule has 6 N–H and O–H groups in total. The van der Waals surface area contributed by atoms with Crippen LogP contribution in [0, 0.1) is 0 Å². The maximum atomic E-state index is 10.4. The Labute approximate surface area is 150 Å². The van der Waals surface area contributed by atoms with Gasteiger partial charge >= 0.3 is 5.97 Å². The highest BCUT2D eigenvalue weighted by Crippen LogP contribution is 2.09. The lowest BCUT2D eigenvalue weighted by Gasteiger charge is -2.13. The Balaban J connectivity index is 4.42. The third-order valence-corrected chi connectivity index (χ3v) is 3.49. The van der Waals surface area contributed by atoms with Crippen molar-refractivity contribution in [3.05, 3.63) is 47.9 Å². The Morgan fingerprint density at radius 2 is 1.72 bits per heavy atom. The highest BCUT2D eigenvalue weighted by Gasteiger charge is 2.09. The number of hydrogen-bond donors (Lipinski definition) is 5. The van der Waals surface area contributed by atoms with Gasteiger partial charge in [-0.2, -0.15) is 0 Å². The normalized spacial score (nSPS) is 15.7. The predicted molar refractivity (Wildman–Crippen MR) is 101 cm³/mol. The fourth-order valence-electron chi connectivity index (χ4n) is 2.04. The third-order valence-electron chi connectivity index (χ3n) is 3.49. The summed E-state index contributed by atoms with van der Waals surface area (Å²) in [5, 5.41) is 31.4. The minimum atomic E-state index is -0.829. The molecule has 0 aliphatic heterocycles. The molecule has 0 spiro atoms. The van der Waals surface area contributed by atoms with Gasteiger partial charge in [0.1, 0.15) is 0 Å². The van der Waals surface area contributed by atoms with Gasteiger partial charge < -0.3 is 26.4 Å². The molecule has 0 saturated heterocycles. The van der Waals surface area contributed by atoms with E-state index in [0.717, 1.165) is 6.42 Å². The van der Waals surface area contributed by atoms with Crippen LogP contribution in [0.25, 0.3) is 0 Å². The van der Waals surface area contributed by atoms with Crippen molar-refractivity contribution in [1.29, 1.82) is 0 Å². The van der Waals surface area contributed by atoms with Crippen molar-refractivity contribution < 1.29 is 20.1 Å². The molecule has 0 fully saturated rings. The van der Waals surface area contributed by atoms with Gasteiger partial charge in [0.2, 0.25) is 0 Å². The smallest absolute Gasteiger partial charge is 0.303 e. The van der Waals surface area contributed by atoms with Gasteiger partial charge in [-0.05, 0) is 38.2 Å². The Hall–Kier alpha value is -2.05. The molecule has 25 heavy (non-hydrogen) atoms. The van der Waals surface area contributed by atoms with Crippen LogP contribution < -0.4 is 11.1 Å². The van der Waals surface area contributed by atoms with Crippen LogP contribution >= 0.6 is 0 Å². The molecule has 142 valence electrons. The number of aliphatic hydroxyl groups is 2. The Kier molecular flexibility index (Phi) is 13.1. The third kappa shape index (κ3) is 12.0. The fraction of sp³-hybridized carbons (Fsp3) is 0.526. The molecule has 0 aromatic rings. The zero-order chi connectivity index (χ0) is 19.1. The lowest BCUT2D eigenvalue weighted by Crippen LogP contribution is -2.23. The van der Waals surface area contributed by atoms with Crippen molar-refractivity contribution in [2.24, 2.45) is 5.73 Å². The summed E-state index contributed by atoms with van der Waals surface area (Å²) in [6.07, 6.45) is 12.5. The standard InChI is InChI=1S/C19H32N2O4/c1-3-4-6-13-17(23)19(20)16(21-2)12-9-11-15(22)10-7-5-8-14-18(24)25/h4-7,9,12,15,17,21-23H,3,8,10-11,13-14,20H2,1-2H3,(H,24,25)/b6-4-,7-5-,12-9+,19-16-/t15?,17-/m0/s1. The molecular weight excluding hydrogens is 320 g/mol. The molecular formula is C19H32N2O4. The number of aliphatic hydroxyl groups excluding tert-OH is 2. The quantitative estimate of drug-likeness (QED) is 0.256. The molecule has 0 aromatic carbocycles. The van der Waals surface area contributed by atoms with E-state index in [1.807, 2.05) is 19.1 Å². The van der Waals surface area contributed by atoms with Crippen LogP contribution in [-0.4, -0.2) is 40.5 Å². The maximum absolute atomic E-state index is 10.4. The molecule has 0 bridgehead atoms. The number of nitrogens with one attached hydrogen (secondary N) is 1. The maximum Gasteiger partial charge on any atom is 0.303 e. The zero-order valence-corrected chi connectivity index (χ0v) is 15.2. The topological polar surface area (TPSA) is 116 Å². The number of carboxylic acids is 1. The summed E-state index contributed by atoms with van der Waals surface area (Å²) in [7, 11) is 1.72. The predicted octanol–water partition coefficient (Wildman–Crippen LogP) is 2.21. The number of carboxylic acid groups (broad SMARTS) is 1. The van der Waals surface area contributed by atoms with E-state index >= 15 is 0 Å². The van der Waals surface area contributed by atoms with Gasteiger partial charge in [-0.3, -0.25) is 4.79 Å². The number of rotatable bonds is 13. The molecule has 0 aliphatic rings. The van der Waals surface area contributed by atoms with Gasteiger partial charge in [0.25, 0.3) is 0 Å². The number of allylic oxidation sites excluding steroid dienone is 3. The van der Waals surface area contributed by atoms with Crippen LogP contribution in [0.2, 0.25) is 0 Å². The second kappa shape index (κ2) is 14.3.